The molecule has 0 spiro atoms. The smallest absolute Gasteiger partial charge is 0.237 e. The van der Waals surface area contributed by atoms with Gasteiger partial charge in [-0.05, 0) is 23.8 Å². The molecule has 1 aromatic carbocycles. The summed E-state index contributed by atoms with van der Waals surface area (Å²) in [5.74, 6) is -1.33. The third-order valence-corrected chi connectivity index (χ3v) is 5.68. The Hall–Kier alpha value is -1.97. The summed E-state index contributed by atoms with van der Waals surface area (Å²) in [6, 6.07) is 9.67. The van der Waals surface area contributed by atoms with Crippen molar-refractivity contribution in [3.8, 4) is 0 Å². The van der Waals surface area contributed by atoms with Crippen molar-refractivity contribution in [1.82, 2.24) is 4.90 Å². The van der Waals surface area contributed by atoms with E-state index in [4.69, 9.17) is 0 Å². The molecular weight excluding hydrogens is 278 g/mol. The van der Waals surface area contributed by atoms with Crippen LogP contribution in [0.5, 0.6) is 0 Å². The lowest BCUT2D eigenvalue weighted by Gasteiger charge is -2.37. The van der Waals surface area contributed by atoms with Crippen molar-refractivity contribution in [1.29, 1.82) is 0 Å². The molecule has 0 radical (unpaired) electrons. The number of Topliss-reactive ketones (excluding diaryl/α,β-unsaturated/α-hetero) is 2. The molecule has 0 heterocycles. The second-order valence-electron chi connectivity index (χ2n) is 7.06. The van der Waals surface area contributed by atoms with E-state index in [9.17, 15) is 14.4 Å². The molecule has 2 fully saturated rings. The second-order valence-corrected chi connectivity index (χ2v) is 7.06. The van der Waals surface area contributed by atoms with Crippen molar-refractivity contribution >= 4 is 17.5 Å². The predicted molar refractivity (Wildman–Crippen MR) is 81.9 cm³/mol. The molecule has 1 amide bonds. The second kappa shape index (κ2) is 4.77. The standard InChI is InChI=1S/C18H21NO3/c1-17(2)13-9-10-18(17,15(21)14(13)20)16(22)19(3)11-12-7-5-4-6-8-12/h4-8,13H,9-11H2,1-3H3. The van der Waals surface area contributed by atoms with Crippen LogP contribution in [-0.4, -0.2) is 29.4 Å². The Balaban J connectivity index is 1.91. The summed E-state index contributed by atoms with van der Waals surface area (Å²) in [6.07, 6.45) is 1.13. The Labute approximate surface area is 130 Å². The van der Waals surface area contributed by atoms with Gasteiger partial charge in [0.2, 0.25) is 17.5 Å². The minimum absolute atomic E-state index is 0.209. The third-order valence-electron chi connectivity index (χ3n) is 5.68. The molecule has 2 aliphatic rings. The fraction of sp³-hybridized carbons (Fsp3) is 0.500. The van der Waals surface area contributed by atoms with Crippen LogP contribution in [0.25, 0.3) is 0 Å². The normalized spacial score (nSPS) is 29.0. The zero-order valence-electron chi connectivity index (χ0n) is 13.3. The van der Waals surface area contributed by atoms with Crippen LogP contribution in [0.15, 0.2) is 30.3 Å². The number of fused-ring (bicyclic) bond motifs is 2. The molecule has 2 aliphatic carbocycles. The Bertz CT molecular complexity index is 650. The lowest BCUT2D eigenvalue weighted by atomic mass is 9.68. The van der Waals surface area contributed by atoms with Crippen LogP contribution < -0.4 is 0 Å². The van der Waals surface area contributed by atoms with Crippen LogP contribution in [0.3, 0.4) is 0 Å². The molecule has 2 unspecified atom stereocenters. The van der Waals surface area contributed by atoms with Crippen LogP contribution in [-0.2, 0) is 20.9 Å². The van der Waals surface area contributed by atoms with E-state index >= 15 is 0 Å². The number of benzene rings is 1. The van der Waals surface area contributed by atoms with Crippen molar-refractivity contribution < 1.29 is 14.4 Å². The van der Waals surface area contributed by atoms with Gasteiger partial charge in [-0.15, -0.1) is 0 Å². The Morgan fingerprint density at radius 3 is 2.41 bits per heavy atom. The lowest BCUT2D eigenvalue weighted by Crippen LogP contribution is -2.50. The van der Waals surface area contributed by atoms with Gasteiger partial charge in [0, 0.05) is 19.5 Å². The minimum atomic E-state index is -1.15. The minimum Gasteiger partial charge on any atom is -0.341 e. The van der Waals surface area contributed by atoms with Crippen molar-refractivity contribution in [2.45, 2.75) is 33.2 Å². The van der Waals surface area contributed by atoms with E-state index in [1.807, 2.05) is 44.2 Å². The van der Waals surface area contributed by atoms with Crippen LogP contribution in [0, 0.1) is 16.7 Å². The first-order chi connectivity index (χ1) is 10.3. The molecule has 1 aromatic rings. The molecule has 22 heavy (non-hydrogen) atoms. The highest BCUT2D eigenvalue weighted by Gasteiger charge is 2.72. The molecular formula is C18H21NO3. The number of carbonyl (C=O) groups excluding carboxylic acids is 3. The number of amides is 1. The molecule has 2 saturated carbocycles. The molecule has 4 nitrogen and oxygen atoms in total. The number of hydrogen-bond donors (Lipinski definition) is 0. The molecule has 2 atom stereocenters. The summed E-state index contributed by atoms with van der Waals surface area (Å²) in [5, 5.41) is 0. The number of carbonyl (C=O) groups is 3. The fourth-order valence-corrected chi connectivity index (χ4v) is 4.31. The third kappa shape index (κ3) is 1.73. The zero-order valence-corrected chi connectivity index (χ0v) is 13.3. The molecule has 0 aliphatic heterocycles. The summed E-state index contributed by atoms with van der Waals surface area (Å²) in [7, 11) is 1.71. The highest BCUT2D eigenvalue weighted by molar-refractivity contribution is 6.47. The maximum Gasteiger partial charge on any atom is 0.237 e. The van der Waals surface area contributed by atoms with Gasteiger partial charge in [-0.25, -0.2) is 0 Å². The number of hydrogen-bond acceptors (Lipinski definition) is 3. The van der Waals surface area contributed by atoms with E-state index in [2.05, 4.69) is 0 Å². The van der Waals surface area contributed by atoms with Gasteiger partial charge in [-0.3, -0.25) is 14.4 Å². The van der Waals surface area contributed by atoms with E-state index in [0.29, 0.717) is 19.4 Å². The van der Waals surface area contributed by atoms with Crippen molar-refractivity contribution in [2.24, 2.45) is 16.7 Å². The summed E-state index contributed by atoms with van der Waals surface area (Å²) in [6.45, 7) is 4.23. The van der Waals surface area contributed by atoms with Gasteiger partial charge in [0.05, 0.1) is 0 Å². The Morgan fingerprint density at radius 2 is 1.86 bits per heavy atom. The largest absolute Gasteiger partial charge is 0.341 e. The molecule has 3 rings (SSSR count). The first-order valence-electron chi connectivity index (χ1n) is 7.70. The first kappa shape index (κ1) is 14.9. The van der Waals surface area contributed by atoms with Gasteiger partial charge >= 0.3 is 0 Å². The monoisotopic (exact) mass is 299 g/mol. The summed E-state index contributed by atoms with van der Waals surface area (Å²) < 4.78 is 0. The average molecular weight is 299 g/mol. The van der Waals surface area contributed by atoms with Gasteiger partial charge in [0.15, 0.2) is 0 Å². The summed E-state index contributed by atoms with van der Waals surface area (Å²) in [5.41, 5.74) is -0.722. The molecule has 116 valence electrons. The van der Waals surface area contributed by atoms with Gasteiger partial charge in [0.1, 0.15) is 5.41 Å². The first-order valence-corrected chi connectivity index (χ1v) is 7.70. The summed E-state index contributed by atoms with van der Waals surface area (Å²) in [4.78, 5) is 39.3. The highest BCUT2D eigenvalue weighted by atomic mass is 16.2. The van der Waals surface area contributed by atoms with Crippen LogP contribution in [0.4, 0.5) is 0 Å². The van der Waals surface area contributed by atoms with Crippen LogP contribution in [0.2, 0.25) is 0 Å². The molecule has 0 N–H and O–H groups in total. The van der Waals surface area contributed by atoms with Gasteiger partial charge < -0.3 is 4.90 Å². The summed E-state index contributed by atoms with van der Waals surface area (Å²) >= 11 is 0. The molecule has 4 heteroatoms. The number of rotatable bonds is 3. The molecule has 2 bridgehead atoms. The maximum absolute atomic E-state index is 13.1. The van der Waals surface area contributed by atoms with Gasteiger partial charge in [-0.1, -0.05) is 44.2 Å². The highest BCUT2D eigenvalue weighted by Crippen LogP contribution is 2.63. The molecule has 0 saturated heterocycles. The van der Waals surface area contributed by atoms with E-state index in [-0.39, 0.29) is 17.6 Å². The lowest BCUT2D eigenvalue weighted by molar-refractivity contribution is -0.154. The van der Waals surface area contributed by atoms with E-state index in [1.54, 1.807) is 11.9 Å². The topological polar surface area (TPSA) is 54.5 Å². The Morgan fingerprint density at radius 1 is 1.23 bits per heavy atom. The molecule has 0 aromatic heterocycles. The van der Waals surface area contributed by atoms with E-state index < -0.39 is 16.6 Å². The van der Waals surface area contributed by atoms with E-state index in [0.717, 1.165) is 5.56 Å². The predicted octanol–water partition coefficient (Wildman–Crippen LogP) is 2.22. The average Bonchev–Trinajstić information content (AvgIpc) is 2.84. The van der Waals surface area contributed by atoms with Crippen LogP contribution in [0.1, 0.15) is 32.3 Å². The number of nitrogens with zero attached hydrogens (tertiary/aromatic N) is 1. The van der Waals surface area contributed by atoms with Gasteiger partial charge in [-0.2, -0.15) is 0 Å². The van der Waals surface area contributed by atoms with Gasteiger partial charge in [0.25, 0.3) is 0 Å². The van der Waals surface area contributed by atoms with Crippen molar-refractivity contribution in [2.75, 3.05) is 7.05 Å². The van der Waals surface area contributed by atoms with Crippen LogP contribution >= 0.6 is 0 Å². The Kier molecular flexibility index (Phi) is 3.24. The number of ketones is 2. The SMILES string of the molecule is CN(Cc1ccccc1)C(=O)C12CCC(C(=O)C1=O)C2(C)C. The van der Waals surface area contributed by atoms with Crippen molar-refractivity contribution in [3.63, 3.8) is 0 Å². The fourth-order valence-electron chi connectivity index (χ4n) is 4.31. The zero-order chi connectivity index (χ0) is 16.1. The maximum atomic E-state index is 13.1. The quantitative estimate of drug-likeness (QED) is 0.635. The van der Waals surface area contributed by atoms with E-state index in [1.165, 1.54) is 0 Å². The van der Waals surface area contributed by atoms with Crippen molar-refractivity contribution in [3.05, 3.63) is 35.9 Å².